The summed E-state index contributed by atoms with van der Waals surface area (Å²) in [6.45, 7) is 2.12. The SMILES string of the molecule is c1ccc(-n2cc(CNCC3(C4CC4)CC3)cn2)cc1. The summed E-state index contributed by atoms with van der Waals surface area (Å²) in [5.74, 6) is 1.03. The zero-order valence-corrected chi connectivity index (χ0v) is 11.8. The molecule has 104 valence electrons. The molecule has 4 rings (SSSR count). The van der Waals surface area contributed by atoms with Gasteiger partial charge in [-0.05, 0) is 49.1 Å². The van der Waals surface area contributed by atoms with Crippen molar-refractivity contribution in [3.8, 4) is 5.69 Å². The van der Waals surface area contributed by atoms with Gasteiger partial charge in [-0.2, -0.15) is 5.10 Å². The van der Waals surface area contributed by atoms with Crippen molar-refractivity contribution in [2.45, 2.75) is 32.2 Å². The quantitative estimate of drug-likeness (QED) is 0.871. The lowest BCUT2D eigenvalue weighted by Crippen LogP contribution is -2.24. The van der Waals surface area contributed by atoms with E-state index in [9.17, 15) is 0 Å². The Morgan fingerprint density at radius 2 is 2.00 bits per heavy atom. The van der Waals surface area contributed by atoms with Crippen molar-refractivity contribution in [3.63, 3.8) is 0 Å². The van der Waals surface area contributed by atoms with Gasteiger partial charge in [0.15, 0.2) is 0 Å². The fraction of sp³-hybridized carbons (Fsp3) is 0.471. The Bertz CT molecular complexity index is 579. The highest BCUT2D eigenvalue weighted by molar-refractivity contribution is 5.30. The molecule has 1 aromatic carbocycles. The molecule has 2 saturated carbocycles. The predicted molar refractivity (Wildman–Crippen MR) is 79.7 cm³/mol. The van der Waals surface area contributed by atoms with Gasteiger partial charge in [-0.25, -0.2) is 4.68 Å². The van der Waals surface area contributed by atoms with Crippen molar-refractivity contribution < 1.29 is 0 Å². The average molecular weight is 267 g/mol. The third-order valence-electron chi connectivity index (χ3n) is 4.80. The van der Waals surface area contributed by atoms with Gasteiger partial charge in [-0.1, -0.05) is 18.2 Å². The number of rotatable bonds is 6. The third kappa shape index (κ3) is 2.38. The lowest BCUT2D eigenvalue weighted by molar-refractivity contribution is 0.403. The lowest BCUT2D eigenvalue weighted by atomic mass is 10.0. The second-order valence-corrected chi connectivity index (χ2v) is 6.37. The van der Waals surface area contributed by atoms with Crippen LogP contribution < -0.4 is 5.32 Å². The fourth-order valence-corrected chi connectivity index (χ4v) is 3.21. The molecule has 2 fully saturated rings. The number of nitrogens with one attached hydrogen (secondary N) is 1. The van der Waals surface area contributed by atoms with Crippen LogP contribution in [0.3, 0.4) is 0 Å². The Balaban J connectivity index is 1.34. The molecular weight excluding hydrogens is 246 g/mol. The number of para-hydroxylation sites is 1. The van der Waals surface area contributed by atoms with Crippen LogP contribution >= 0.6 is 0 Å². The highest BCUT2D eigenvalue weighted by Gasteiger charge is 2.53. The molecule has 0 atom stereocenters. The van der Waals surface area contributed by atoms with E-state index in [1.807, 2.05) is 29.1 Å². The predicted octanol–water partition coefficient (Wildman–Crippen LogP) is 3.15. The Hall–Kier alpha value is -1.61. The molecule has 2 aliphatic rings. The molecule has 1 N–H and O–H groups in total. The molecule has 1 heterocycles. The Morgan fingerprint density at radius 1 is 1.20 bits per heavy atom. The van der Waals surface area contributed by atoms with E-state index in [1.165, 1.54) is 37.8 Å². The van der Waals surface area contributed by atoms with Crippen molar-refractivity contribution in [2.24, 2.45) is 11.3 Å². The van der Waals surface area contributed by atoms with E-state index in [1.54, 1.807) is 0 Å². The molecule has 0 radical (unpaired) electrons. The molecule has 0 bridgehead atoms. The summed E-state index contributed by atoms with van der Waals surface area (Å²) in [7, 11) is 0. The number of nitrogens with zero attached hydrogens (tertiary/aromatic N) is 2. The van der Waals surface area contributed by atoms with Crippen LogP contribution in [-0.2, 0) is 6.54 Å². The highest BCUT2D eigenvalue weighted by atomic mass is 15.3. The van der Waals surface area contributed by atoms with Gasteiger partial charge >= 0.3 is 0 Å². The zero-order chi connectivity index (χ0) is 13.4. The Morgan fingerprint density at radius 3 is 2.70 bits per heavy atom. The smallest absolute Gasteiger partial charge is 0.0645 e. The van der Waals surface area contributed by atoms with Crippen molar-refractivity contribution in [2.75, 3.05) is 6.54 Å². The largest absolute Gasteiger partial charge is 0.312 e. The molecule has 0 saturated heterocycles. The van der Waals surface area contributed by atoms with Crippen LogP contribution in [0.5, 0.6) is 0 Å². The van der Waals surface area contributed by atoms with Crippen LogP contribution in [-0.4, -0.2) is 16.3 Å². The standard InChI is InChI=1S/C17H21N3/c1-2-4-16(5-3-1)20-12-14(11-19-20)10-18-13-17(8-9-17)15-6-7-15/h1-5,11-12,15,18H,6-10,13H2. The average Bonchev–Trinajstić information content (AvgIpc) is 3.39. The zero-order valence-electron chi connectivity index (χ0n) is 11.8. The maximum atomic E-state index is 4.44. The molecule has 0 unspecified atom stereocenters. The maximum absolute atomic E-state index is 4.44. The summed E-state index contributed by atoms with van der Waals surface area (Å²) < 4.78 is 1.95. The molecule has 2 aromatic rings. The highest BCUT2D eigenvalue weighted by Crippen LogP contribution is 2.60. The Kier molecular flexibility index (Phi) is 2.88. The van der Waals surface area contributed by atoms with E-state index in [4.69, 9.17) is 0 Å². The van der Waals surface area contributed by atoms with Crippen LogP contribution in [0.15, 0.2) is 42.7 Å². The maximum Gasteiger partial charge on any atom is 0.0645 e. The fourth-order valence-electron chi connectivity index (χ4n) is 3.21. The summed E-state index contributed by atoms with van der Waals surface area (Å²) in [5, 5.41) is 8.08. The van der Waals surface area contributed by atoms with Gasteiger partial charge in [0.25, 0.3) is 0 Å². The summed E-state index contributed by atoms with van der Waals surface area (Å²) >= 11 is 0. The van der Waals surface area contributed by atoms with Gasteiger partial charge in [-0.3, -0.25) is 0 Å². The second-order valence-electron chi connectivity index (χ2n) is 6.37. The minimum atomic E-state index is 0.676. The van der Waals surface area contributed by atoms with Gasteiger partial charge in [0, 0.05) is 24.8 Å². The Labute approximate surface area is 120 Å². The van der Waals surface area contributed by atoms with Crippen molar-refractivity contribution in [1.82, 2.24) is 15.1 Å². The summed E-state index contributed by atoms with van der Waals surface area (Å²) in [6, 6.07) is 10.3. The van der Waals surface area contributed by atoms with E-state index >= 15 is 0 Å². The number of aromatic nitrogens is 2. The van der Waals surface area contributed by atoms with Crippen molar-refractivity contribution in [3.05, 3.63) is 48.3 Å². The van der Waals surface area contributed by atoms with Gasteiger partial charge in [-0.15, -0.1) is 0 Å². The molecule has 0 spiro atoms. The molecule has 0 amide bonds. The van der Waals surface area contributed by atoms with E-state index in [0.29, 0.717) is 5.41 Å². The minimum absolute atomic E-state index is 0.676. The first-order valence-corrected chi connectivity index (χ1v) is 7.65. The summed E-state index contributed by atoms with van der Waals surface area (Å²) in [5.41, 5.74) is 3.06. The van der Waals surface area contributed by atoms with Crippen molar-refractivity contribution >= 4 is 0 Å². The van der Waals surface area contributed by atoms with Crippen LogP contribution in [0, 0.1) is 11.3 Å². The molecule has 3 heteroatoms. The molecular formula is C17H21N3. The van der Waals surface area contributed by atoms with E-state index < -0.39 is 0 Å². The monoisotopic (exact) mass is 267 g/mol. The van der Waals surface area contributed by atoms with E-state index in [-0.39, 0.29) is 0 Å². The summed E-state index contributed by atoms with van der Waals surface area (Å²) in [6.07, 6.45) is 9.90. The van der Waals surface area contributed by atoms with E-state index in [2.05, 4.69) is 28.7 Å². The third-order valence-corrected chi connectivity index (χ3v) is 4.80. The van der Waals surface area contributed by atoms with Crippen LogP contribution in [0.1, 0.15) is 31.2 Å². The summed E-state index contributed by atoms with van der Waals surface area (Å²) in [4.78, 5) is 0. The number of hydrogen-bond acceptors (Lipinski definition) is 2. The molecule has 2 aliphatic carbocycles. The number of benzene rings is 1. The molecule has 0 aliphatic heterocycles. The number of hydrogen-bond donors (Lipinski definition) is 1. The van der Waals surface area contributed by atoms with Crippen molar-refractivity contribution in [1.29, 1.82) is 0 Å². The first kappa shape index (κ1) is 12.2. The first-order chi connectivity index (χ1) is 9.86. The first-order valence-electron chi connectivity index (χ1n) is 7.65. The normalized spacial score (nSPS) is 20.0. The molecule has 1 aromatic heterocycles. The van der Waals surface area contributed by atoms with Gasteiger partial charge in [0.05, 0.1) is 11.9 Å². The second kappa shape index (κ2) is 4.74. The van der Waals surface area contributed by atoms with Crippen LogP contribution in [0.25, 0.3) is 5.69 Å². The van der Waals surface area contributed by atoms with Gasteiger partial charge in [0.2, 0.25) is 0 Å². The van der Waals surface area contributed by atoms with Gasteiger partial charge in [0.1, 0.15) is 0 Å². The minimum Gasteiger partial charge on any atom is -0.312 e. The van der Waals surface area contributed by atoms with Gasteiger partial charge < -0.3 is 5.32 Å². The van der Waals surface area contributed by atoms with E-state index in [0.717, 1.165) is 18.2 Å². The topological polar surface area (TPSA) is 29.9 Å². The van der Waals surface area contributed by atoms with Crippen LogP contribution in [0.4, 0.5) is 0 Å². The molecule has 3 nitrogen and oxygen atoms in total. The molecule has 20 heavy (non-hydrogen) atoms. The van der Waals surface area contributed by atoms with Crippen LogP contribution in [0.2, 0.25) is 0 Å². The lowest BCUT2D eigenvalue weighted by Gasteiger charge is -2.14.